The van der Waals surface area contributed by atoms with E-state index in [9.17, 15) is 20.0 Å². The van der Waals surface area contributed by atoms with Crippen molar-refractivity contribution in [1.82, 2.24) is 0 Å². The first-order valence-electron chi connectivity index (χ1n) is 20.1. The SMILES string of the molecule is O=C(C[C@H](c1cc[n+]([O-])cc1)P(=S)(c1ccccc1)c1ccccc1)c1ccccc1.O=C(C[C@H](c1cc[n+]([O-])cc1)P(=S)(c1ccccc1)c1ccccc1)c1ccccc1. The van der Waals surface area contributed by atoms with Crippen LogP contribution in [0.2, 0.25) is 0 Å². The van der Waals surface area contributed by atoms with E-state index < -0.39 is 12.1 Å². The van der Waals surface area contributed by atoms with Gasteiger partial charge in [0, 0.05) is 71.6 Å². The summed E-state index contributed by atoms with van der Waals surface area (Å²) in [4.78, 5) is 26.6. The summed E-state index contributed by atoms with van der Waals surface area (Å²) in [7, 11) is 0. The smallest absolute Gasteiger partial charge is 0.180 e. The van der Waals surface area contributed by atoms with E-state index in [1.807, 2.05) is 133 Å². The third-order valence-corrected chi connectivity index (χ3v) is 21.8. The number of carbonyl (C=O) groups excluding carboxylic acids is 2. The van der Waals surface area contributed by atoms with Gasteiger partial charge >= 0.3 is 0 Å². The highest BCUT2D eigenvalue weighted by Gasteiger charge is 2.37. The fourth-order valence-electron chi connectivity index (χ4n) is 7.66. The van der Waals surface area contributed by atoms with Crippen LogP contribution in [-0.4, -0.2) is 11.6 Å². The lowest BCUT2D eigenvalue weighted by Gasteiger charge is -2.32. The Bertz CT molecular complexity index is 2500. The lowest BCUT2D eigenvalue weighted by atomic mass is 10.0. The van der Waals surface area contributed by atoms with Gasteiger partial charge in [0.25, 0.3) is 0 Å². The summed E-state index contributed by atoms with van der Waals surface area (Å²) < 4.78 is 1.52. The van der Waals surface area contributed by atoms with Crippen LogP contribution in [0.5, 0.6) is 0 Å². The molecule has 2 atom stereocenters. The van der Waals surface area contributed by atoms with Crippen molar-refractivity contribution < 1.29 is 19.0 Å². The fourth-order valence-corrected chi connectivity index (χ4v) is 16.8. The van der Waals surface area contributed by atoms with Crippen molar-refractivity contribution >= 4 is 68.5 Å². The van der Waals surface area contributed by atoms with E-state index in [1.165, 1.54) is 24.8 Å². The Labute approximate surface area is 373 Å². The van der Waals surface area contributed by atoms with Crippen molar-refractivity contribution in [3.05, 3.63) is 264 Å². The molecule has 0 saturated heterocycles. The molecule has 6 aromatic carbocycles. The Morgan fingerprint density at radius 1 is 0.387 bits per heavy atom. The van der Waals surface area contributed by atoms with Gasteiger partial charge in [0.2, 0.25) is 0 Å². The maximum Gasteiger partial charge on any atom is 0.180 e. The van der Waals surface area contributed by atoms with Gasteiger partial charge in [-0.05, 0) is 32.3 Å². The third kappa shape index (κ3) is 10.1. The van der Waals surface area contributed by atoms with Gasteiger partial charge < -0.3 is 10.4 Å². The second-order valence-electron chi connectivity index (χ2n) is 14.7. The predicted molar refractivity (Wildman–Crippen MR) is 260 cm³/mol. The molecule has 0 radical (unpaired) electrons. The van der Waals surface area contributed by atoms with Crippen molar-refractivity contribution in [3.63, 3.8) is 0 Å². The van der Waals surface area contributed by atoms with Crippen LogP contribution >= 0.6 is 12.1 Å². The lowest BCUT2D eigenvalue weighted by molar-refractivity contribution is -0.605. The predicted octanol–water partition coefficient (Wildman–Crippen LogP) is 9.53. The summed E-state index contributed by atoms with van der Waals surface area (Å²) in [6.45, 7) is 0. The molecule has 0 saturated carbocycles. The number of hydrogen-bond donors (Lipinski definition) is 0. The molecule has 8 aromatic rings. The average molecular weight is 887 g/mol. The molecule has 308 valence electrons. The molecule has 0 spiro atoms. The third-order valence-electron chi connectivity index (χ3n) is 10.8. The Kier molecular flexibility index (Phi) is 14.6. The van der Waals surface area contributed by atoms with Crippen LogP contribution in [0.25, 0.3) is 0 Å². The van der Waals surface area contributed by atoms with Gasteiger partial charge in [-0.3, -0.25) is 9.59 Å². The Morgan fingerprint density at radius 2 is 0.613 bits per heavy atom. The number of nitrogens with zero attached hydrogens (tertiary/aromatic N) is 2. The van der Waals surface area contributed by atoms with Crippen LogP contribution in [0.1, 0.15) is 56.0 Å². The van der Waals surface area contributed by atoms with E-state index in [4.69, 9.17) is 23.6 Å². The maximum atomic E-state index is 13.3. The van der Waals surface area contributed by atoms with Crippen molar-refractivity contribution in [2.75, 3.05) is 0 Å². The molecule has 2 aromatic heterocycles. The van der Waals surface area contributed by atoms with E-state index in [0.29, 0.717) is 11.1 Å². The van der Waals surface area contributed by atoms with Crippen LogP contribution in [-0.2, 0) is 23.6 Å². The zero-order chi connectivity index (χ0) is 43.4. The highest BCUT2D eigenvalue weighted by Crippen LogP contribution is 2.60. The normalized spacial score (nSPS) is 12.3. The number of Topliss-reactive ketones (excluding diaryl/α,β-unsaturated/α-hetero) is 2. The Morgan fingerprint density at radius 3 is 0.855 bits per heavy atom. The number of hydrogen-bond acceptors (Lipinski definition) is 6. The van der Waals surface area contributed by atoms with Crippen LogP contribution in [0.3, 0.4) is 0 Å². The minimum atomic E-state index is -2.44. The number of carbonyl (C=O) groups is 2. The first-order chi connectivity index (χ1) is 30.2. The monoisotopic (exact) mass is 886 g/mol. The second-order valence-corrected chi connectivity index (χ2v) is 24.1. The topological polar surface area (TPSA) is 88.0 Å². The summed E-state index contributed by atoms with van der Waals surface area (Å²) in [6.07, 6.45) is 6.45. The molecule has 10 heteroatoms. The van der Waals surface area contributed by atoms with E-state index in [0.717, 1.165) is 41.8 Å². The zero-order valence-corrected chi connectivity index (χ0v) is 37.2. The molecule has 0 fully saturated rings. The van der Waals surface area contributed by atoms with Crippen LogP contribution < -0.4 is 30.7 Å². The molecule has 0 bridgehead atoms. The first-order valence-corrected chi connectivity index (χ1v) is 25.9. The highest BCUT2D eigenvalue weighted by atomic mass is 32.4. The first kappa shape index (κ1) is 43.9. The molecule has 0 aliphatic carbocycles. The fraction of sp³-hybridized carbons (Fsp3) is 0.0769. The van der Waals surface area contributed by atoms with Crippen molar-refractivity contribution in [3.8, 4) is 0 Å². The number of rotatable bonds is 14. The van der Waals surface area contributed by atoms with Gasteiger partial charge in [0.05, 0.1) is 0 Å². The average Bonchev–Trinajstić information content (AvgIpc) is 3.34. The highest BCUT2D eigenvalue weighted by molar-refractivity contribution is 8.22. The van der Waals surface area contributed by atoms with Crippen molar-refractivity contribution in [1.29, 1.82) is 0 Å². The molecule has 6 nitrogen and oxygen atoms in total. The minimum Gasteiger partial charge on any atom is -0.619 e. The number of pyridine rings is 2. The zero-order valence-electron chi connectivity index (χ0n) is 33.7. The van der Waals surface area contributed by atoms with E-state index in [2.05, 4.69) is 48.5 Å². The van der Waals surface area contributed by atoms with Crippen LogP contribution in [0, 0.1) is 10.4 Å². The summed E-state index contributed by atoms with van der Waals surface area (Å²) in [6, 6.07) is 61.2. The molecular weight excluding hydrogens is 843 g/mol. The maximum absolute atomic E-state index is 13.3. The summed E-state index contributed by atoms with van der Waals surface area (Å²) >= 11 is 13.0. The summed E-state index contributed by atoms with van der Waals surface area (Å²) in [5.74, 6) is 0.0936. The second kappa shape index (κ2) is 20.6. The molecular formula is C52H44N2O4P2S2. The largest absolute Gasteiger partial charge is 0.619 e. The van der Waals surface area contributed by atoms with E-state index in [1.54, 1.807) is 24.3 Å². The lowest BCUT2D eigenvalue weighted by Crippen LogP contribution is -2.26. The van der Waals surface area contributed by atoms with Gasteiger partial charge in [-0.1, -0.05) is 206 Å². The number of aromatic nitrogens is 2. The van der Waals surface area contributed by atoms with E-state index in [-0.39, 0.29) is 35.7 Å². The number of benzene rings is 6. The molecule has 62 heavy (non-hydrogen) atoms. The molecule has 0 aliphatic heterocycles. The molecule has 0 unspecified atom stereocenters. The summed E-state index contributed by atoms with van der Waals surface area (Å²) in [5.41, 5.74) is 2.69. The van der Waals surface area contributed by atoms with Gasteiger partial charge in [0.1, 0.15) is 0 Å². The summed E-state index contributed by atoms with van der Waals surface area (Å²) in [5, 5.41) is 27.6. The molecule has 8 rings (SSSR count). The van der Waals surface area contributed by atoms with Gasteiger partial charge in [0.15, 0.2) is 36.4 Å². The minimum absolute atomic E-state index is 0.0468. The molecule has 0 aliphatic rings. The molecule has 0 amide bonds. The van der Waals surface area contributed by atoms with Crippen molar-refractivity contribution in [2.45, 2.75) is 24.2 Å². The van der Waals surface area contributed by atoms with Gasteiger partial charge in [-0.15, -0.1) is 0 Å². The number of ketones is 2. The van der Waals surface area contributed by atoms with Crippen molar-refractivity contribution in [2.24, 2.45) is 0 Å². The Balaban J connectivity index is 0.000000186. The van der Waals surface area contributed by atoms with Crippen LogP contribution in [0.4, 0.5) is 0 Å². The molecule has 2 heterocycles. The molecule has 0 N–H and O–H groups in total. The van der Waals surface area contributed by atoms with Gasteiger partial charge in [-0.2, -0.15) is 9.46 Å². The van der Waals surface area contributed by atoms with Gasteiger partial charge in [-0.25, -0.2) is 0 Å². The Hall–Kier alpha value is -6.14. The standard InChI is InChI=1S/2C26H22NO2PS/c2*28-25(21-10-4-1-5-11-21)20-26(22-16-18-27(29)19-17-22)30(31,23-12-6-2-7-13-23)24-14-8-3-9-15-24/h2*1-19,26H,20H2/t2*26-/m11/s1. The van der Waals surface area contributed by atoms with E-state index >= 15 is 0 Å². The van der Waals surface area contributed by atoms with Crippen LogP contribution in [0.15, 0.2) is 231 Å². The quantitative estimate of drug-likeness (QED) is 0.0468.